The summed E-state index contributed by atoms with van der Waals surface area (Å²) in [5.41, 5.74) is 2.18. The van der Waals surface area contributed by atoms with Gasteiger partial charge in [-0.3, -0.25) is 10.1 Å². The minimum atomic E-state index is -0.438. The summed E-state index contributed by atoms with van der Waals surface area (Å²) >= 11 is 3.30. The Balaban J connectivity index is 2.16. The molecule has 2 aromatic rings. The van der Waals surface area contributed by atoms with Crippen molar-refractivity contribution in [3.05, 3.63) is 69.3 Å². The van der Waals surface area contributed by atoms with Gasteiger partial charge in [-0.25, -0.2) is 0 Å². The first-order valence-corrected chi connectivity index (χ1v) is 7.21. The molecule has 0 aromatic heterocycles. The molecule has 0 N–H and O–H groups in total. The lowest BCUT2D eigenvalue weighted by Crippen LogP contribution is -1.99. The highest BCUT2D eigenvalue weighted by molar-refractivity contribution is 9.08. The number of rotatable bonds is 5. The summed E-state index contributed by atoms with van der Waals surface area (Å²) in [6.07, 6.45) is 0. The van der Waals surface area contributed by atoms with Crippen LogP contribution >= 0.6 is 15.9 Å². The number of ether oxygens (including phenoxy) is 1. The van der Waals surface area contributed by atoms with E-state index >= 15 is 0 Å². The molecule has 0 heterocycles. The average molecular weight is 347 g/mol. The first kappa shape index (κ1) is 15.0. The van der Waals surface area contributed by atoms with Crippen molar-refractivity contribution >= 4 is 21.6 Å². The van der Waals surface area contributed by atoms with Gasteiger partial charge in [-0.2, -0.15) is 5.26 Å². The number of nitrogens with zero attached hydrogens (tertiary/aromatic N) is 2. The second-order valence-electron chi connectivity index (χ2n) is 4.28. The first-order valence-electron chi connectivity index (χ1n) is 6.09. The Hall–Kier alpha value is -2.39. The third-order valence-electron chi connectivity index (χ3n) is 2.85. The summed E-state index contributed by atoms with van der Waals surface area (Å²) in [5.74, 6) is 0.583. The number of hydrogen-bond acceptors (Lipinski definition) is 4. The molecule has 0 amide bonds. The third kappa shape index (κ3) is 3.80. The molecule has 5 nitrogen and oxygen atoms in total. The van der Waals surface area contributed by atoms with Crippen LogP contribution in [0.25, 0.3) is 0 Å². The van der Waals surface area contributed by atoms with E-state index in [4.69, 9.17) is 10.00 Å². The maximum atomic E-state index is 10.7. The predicted octanol–water partition coefficient (Wildman–Crippen LogP) is 3.94. The number of hydrogen-bond donors (Lipinski definition) is 0. The Morgan fingerprint density at radius 2 is 2.10 bits per heavy atom. The first-order chi connectivity index (χ1) is 10.1. The lowest BCUT2D eigenvalue weighted by molar-refractivity contribution is -0.384. The van der Waals surface area contributed by atoms with E-state index in [1.54, 1.807) is 24.3 Å². The zero-order valence-corrected chi connectivity index (χ0v) is 12.5. The molecular weight excluding hydrogens is 336 g/mol. The molecule has 2 aromatic carbocycles. The number of benzene rings is 2. The summed E-state index contributed by atoms with van der Waals surface area (Å²) < 4.78 is 5.69. The van der Waals surface area contributed by atoms with Gasteiger partial charge in [-0.15, -0.1) is 0 Å². The molecule has 0 fully saturated rings. The minimum absolute atomic E-state index is 0.0308. The maximum Gasteiger partial charge on any atom is 0.270 e. The van der Waals surface area contributed by atoms with E-state index in [0.717, 1.165) is 5.56 Å². The van der Waals surface area contributed by atoms with Crippen molar-refractivity contribution in [1.82, 2.24) is 0 Å². The summed E-state index contributed by atoms with van der Waals surface area (Å²) in [5, 5.41) is 20.1. The Labute approximate surface area is 130 Å². The average Bonchev–Trinajstić information content (AvgIpc) is 2.52. The highest BCUT2D eigenvalue weighted by Gasteiger charge is 2.11. The fraction of sp³-hybridized carbons (Fsp3) is 0.133. The van der Waals surface area contributed by atoms with Crippen LogP contribution < -0.4 is 4.74 Å². The molecule has 0 aliphatic carbocycles. The van der Waals surface area contributed by atoms with Gasteiger partial charge in [-0.1, -0.05) is 28.1 Å². The topological polar surface area (TPSA) is 76.2 Å². The highest BCUT2D eigenvalue weighted by atomic mass is 79.9. The van der Waals surface area contributed by atoms with Crippen molar-refractivity contribution in [3.63, 3.8) is 0 Å². The number of alkyl halides is 1. The Morgan fingerprint density at radius 1 is 1.29 bits per heavy atom. The molecule has 6 heteroatoms. The molecule has 21 heavy (non-hydrogen) atoms. The quantitative estimate of drug-likeness (QED) is 0.466. The van der Waals surface area contributed by atoms with Crippen LogP contribution in [-0.4, -0.2) is 4.92 Å². The number of nitro benzene ring substituents is 1. The van der Waals surface area contributed by atoms with Gasteiger partial charge in [0.25, 0.3) is 5.69 Å². The number of nitro groups is 1. The molecule has 0 aliphatic heterocycles. The van der Waals surface area contributed by atoms with E-state index in [9.17, 15) is 10.1 Å². The monoisotopic (exact) mass is 346 g/mol. The van der Waals surface area contributed by atoms with Crippen molar-refractivity contribution < 1.29 is 9.66 Å². The Morgan fingerprint density at radius 3 is 2.76 bits per heavy atom. The van der Waals surface area contributed by atoms with Gasteiger partial charge < -0.3 is 4.74 Å². The normalized spacial score (nSPS) is 9.90. The molecule has 0 saturated heterocycles. The highest BCUT2D eigenvalue weighted by Crippen LogP contribution is 2.27. The van der Waals surface area contributed by atoms with Crippen LogP contribution in [0.4, 0.5) is 5.69 Å². The smallest absolute Gasteiger partial charge is 0.270 e. The predicted molar refractivity (Wildman–Crippen MR) is 81.2 cm³/mol. The molecule has 0 bridgehead atoms. The fourth-order valence-corrected chi connectivity index (χ4v) is 2.25. The second-order valence-corrected chi connectivity index (χ2v) is 4.84. The molecule has 0 aliphatic rings. The van der Waals surface area contributed by atoms with Crippen molar-refractivity contribution in [1.29, 1.82) is 5.26 Å². The molecule has 2 rings (SSSR count). The molecule has 0 saturated carbocycles. The molecule has 0 atom stereocenters. The van der Waals surface area contributed by atoms with Gasteiger partial charge in [0.05, 0.1) is 16.6 Å². The zero-order chi connectivity index (χ0) is 15.2. The van der Waals surface area contributed by atoms with E-state index in [1.165, 1.54) is 12.1 Å². The Bertz CT molecular complexity index is 710. The van der Waals surface area contributed by atoms with E-state index in [2.05, 4.69) is 22.0 Å². The SMILES string of the molecule is N#Cc1cccc(COc2ccc([N+](=O)[O-])cc2CBr)c1. The van der Waals surface area contributed by atoms with Crippen LogP contribution in [0.2, 0.25) is 0 Å². The zero-order valence-electron chi connectivity index (χ0n) is 11.0. The lowest BCUT2D eigenvalue weighted by atomic mass is 10.1. The van der Waals surface area contributed by atoms with E-state index in [-0.39, 0.29) is 5.69 Å². The van der Waals surface area contributed by atoms with Crippen LogP contribution in [0.3, 0.4) is 0 Å². The summed E-state index contributed by atoms with van der Waals surface area (Å²) in [6, 6.07) is 13.7. The fourth-order valence-electron chi connectivity index (χ4n) is 1.82. The third-order valence-corrected chi connectivity index (χ3v) is 3.45. The van der Waals surface area contributed by atoms with Crippen LogP contribution in [-0.2, 0) is 11.9 Å². The molecule has 106 valence electrons. The van der Waals surface area contributed by atoms with Gasteiger partial charge in [0.15, 0.2) is 0 Å². The Kier molecular flexibility index (Phi) is 4.90. The van der Waals surface area contributed by atoms with Crippen molar-refractivity contribution in [2.45, 2.75) is 11.9 Å². The molecule has 0 unspecified atom stereocenters. The van der Waals surface area contributed by atoms with E-state index in [1.807, 2.05) is 6.07 Å². The van der Waals surface area contributed by atoms with Crippen LogP contribution in [0, 0.1) is 21.4 Å². The maximum absolute atomic E-state index is 10.7. The van der Waals surface area contributed by atoms with Crippen LogP contribution in [0.15, 0.2) is 42.5 Å². The van der Waals surface area contributed by atoms with Gasteiger partial charge >= 0.3 is 0 Å². The number of non-ortho nitro benzene ring substituents is 1. The minimum Gasteiger partial charge on any atom is -0.489 e. The molecule has 0 radical (unpaired) electrons. The summed E-state index contributed by atoms with van der Waals surface area (Å²) in [6.45, 7) is 0.299. The van der Waals surface area contributed by atoms with E-state index < -0.39 is 4.92 Å². The van der Waals surface area contributed by atoms with Gasteiger partial charge in [0, 0.05) is 23.0 Å². The van der Waals surface area contributed by atoms with Gasteiger partial charge in [-0.05, 0) is 23.8 Å². The summed E-state index contributed by atoms with van der Waals surface area (Å²) in [7, 11) is 0. The number of nitriles is 1. The molecule has 0 spiro atoms. The van der Waals surface area contributed by atoms with Gasteiger partial charge in [0.2, 0.25) is 0 Å². The largest absolute Gasteiger partial charge is 0.489 e. The van der Waals surface area contributed by atoms with Gasteiger partial charge in [0.1, 0.15) is 12.4 Å². The van der Waals surface area contributed by atoms with Crippen LogP contribution in [0.1, 0.15) is 16.7 Å². The molecular formula is C15H11BrN2O3. The lowest BCUT2D eigenvalue weighted by Gasteiger charge is -2.10. The second kappa shape index (κ2) is 6.86. The summed E-state index contributed by atoms with van der Waals surface area (Å²) in [4.78, 5) is 10.3. The van der Waals surface area contributed by atoms with Crippen molar-refractivity contribution in [2.75, 3.05) is 0 Å². The standard InChI is InChI=1S/C15H11BrN2O3/c16-8-13-7-14(18(19)20)4-5-15(13)21-10-12-3-1-2-11(6-12)9-17/h1-7H,8,10H2. The number of halogens is 1. The van der Waals surface area contributed by atoms with Crippen molar-refractivity contribution in [2.24, 2.45) is 0 Å². The van der Waals surface area contributed by atoms with E-state index in [0.29, 0.717) is 28.8 Å². The van der Waals surface area contributed by atoms with Crippen LogP contribution in [0.5, 0.6) is 5.75 Å². The van der Waals surface area contributed by atoms with Crippen molar-refractivity contribution in [3.8, 4) is 11.8 Å².